The van der Waals surface area contributed by atoms with Gasteiger partial charge in [-0.2, -0.15) is 18.3 Å². The third-order valence-corrected chi connectivity index (χ3v) is 7.72. The highest BCUT2D eigenvalue weighted by molar-refractivity contribution is 5.92. The van der Waals surface area contributed by atoms with Crippen molar-refractivity contribution in [1.29, 1.82) is 0 Å². The molecule has 5 nitrogen and oxygen atoms in total. The lowest BCUT2D eigenvalue weighted by Crippen LogP contribution is -2.58. The van der Waals surface area contributed by atoms with E-state index in [0.717, 1.165) is 11.3 Å². The molecule has 2 atom stereocenters. The Morgan fingerprint density at radius 2 is 1.74 bits per heavy atom. The van der Waals surface area contributed by atoms with Crippen LogP contribution in [-0.2, 0) is 5.41 Å². The van der Waals surface area contributed by atoms with Crippen LogP contribution in [0.3, 0.4) is 0 Å². The van der Waals surface area contributed by atoms with Crippen LogP contribution in [-0.4, -0.2) is 31.8 Å². The van der Waals surface area contributed by atoms with E-state index >= 15 is 0 Å². The van der Waals surface area contributed by atoms with Gasteiger partial charge in [0.25, 0.3) is 0 Å². The summed E-state index contributed by atoms with van der Waals surface area (Å²) >= 11 is 0. The normalized spacial score (nSPS) is 21.1. The molecule has 2 unspecified atom stereocenters. The Balaban J connectivity index is 1.68. The highest BCUT2D eigenvalue weighted by Gasteiger charge is 2.64. The summed E-state index contributed by atoms with van der Waals surface area (Å²) in [5.74, 6) is -0.0313. The summed E-state index contributed by atoms with van der Waals surface area (Å²) in [5, 5.41) is 30.7. The molecule has 1 heterocycles. The Hall–Kier alpha value is -3.52. The minimum atomic E-state index is -4.92. The summed E-state index contributed by atoms with van der Waals surface area (Å²) in [6, 6.07) is 14.8. The molecule has 1 aromatic heterocycles. The Bertz CT molecular complexity index is 1510. The van der Waals surface area contributed by atoms with Crippen molar-refractivity contribution >= 4 is 16.6 Å². The molecule has 8 heteroatoms. The van der Waals surface area contributed by atoms with Crippen LogP contribution in [0.5, 0.6) is 5.75 Å². The number of anilines is 1. The number of hydrogen-bond donors (Lipinski definition) is 3. The SMILES string of the molecule is Cc1ccc(-n2ncc3c(NC4c5ccc(C(C)C)c(O)c5C(C)(C)CC4(O)C(F)(F)F)cccc32)cc1. The number of benzene rings is 3. The first-order valence-electron chi connectivity index (χ1n) is 12.7. The van der Waals surface area contributed by atoms with E-state index in [9.17, 15) is 23.4 Å². The van der Waals surface area contributed by atoms with Gasteiger partial charge in [0.15, 0.2) is 5.60 Å². The van der Waals surface area contributed by atoms with E-state index in [2.05, 4.69) is 10.4 Å². The fourth-order valence-electron chi connectivity index (χ4n) is 5.85. The predicted octanol–water partition coefficient (Wildman–Crippen LogP) is 7.29. The molecule has 0 radical (unpaired) electrons. The van der Waals surface area contributed by atoms with Gasteiger partial charge in [0.05, 0.1) is 23.4 Å². The summed E-state index contributed by atoms with van der Waals surface area (Å²) in [6.07, 6.45) is -3.93. The first-order valence-corrected chi connectivity index (χ1v) is 12.7. The maximum absolute atomic E-state index is 14.6. The van der Waals surface area contributed by atoms with Gasteiger partial charge in [-0.3, -0.25) is 0 Å². The molecule has 0 amide bonds. The van der Waals surface area contributed by atoms with Gasteiger partial charge in [-0.25, -0.2) is 4.68 Å². The van der Waals surface area contributed by atoms with E-state index in [4.69, 9.17) is 0 Å². The molecule has 200 valence electrons. The van der Waals surface area contributed by atoms with Crippen molar-refractivity contribution in [2.75, 3.05) is 5.32 Å². The third-order valence-electron chi connectivity index (χ3n) is 7.72. The van der Waals surface area contributed by atoms with E-state index in [0.29, 0.717) is 27.7 Å². The minimum Gasteiger partial charge on any atom is -0.507 e. The van der Waals surface area contributed by atoms with Crippen LogP contribution < -0.4 is 5.32 Å². The van der Waals surface area contributed by atoms with Gasteiger partial charge in [-0.1, -0.05) is 63.6 Å². The fourth-order valence-corrected chi connectivity index (χ4v) is 5.85. The van der Waals surface area contributed by atoms with Crippen LogP contribution in [0.25, 0.3) is 16.6 Å². The Morgan fingerprint density at radius 3 is 2.37 bits per heavy atom. The first kappa shape index (κ1) is 26.1. The molecule has 0 aliphatic heterocycles. The number of aromatic hydroxyl groups is 1. The highest BCUT2D eigenvalue weighted by atomic mass is 19.4. The lowest BCUT2D eigenvalue weighted by Gasteiger charge is -2.49. The molecule has 0 saturated carbocycles. The average molecular weight is 524 g/mol. The summed E-state index contributed by atoms with van der Waals surface area (Å²) in [5.41, 5.74) is 0.153. The van der Waals surface area contributed by atoms with Crippen molar-refractivity contribution in [1.82, 2.24) is 9.78 Å². The van der Waals surface area contributed by atoms with Crippen molar-refractivity contribution in [2.45, 2.75) is 70.2 Å². The Kier molecular flexibility index (Phi) is 6.02. The molecular formula is C30H32F3N3O2. The van der Waals surface area contributed by atoms with Crippen LogP contribution in [0.1, 0.15) is 68.3 Å². The summed E-state index contributed by atoms with van der Waals surface area (Å²) < 4.78 is 45.6. The monoisotopic (exact) mass is 523 g/mol. The Morgan fingerprint density at radius 1 is 1.05 bits per heavy atom. The van der Waals surface area contributed by atoms with Gasteiger partial charge in [-0.05, 0) is 60.1 Å². The van der Waals surface area contributed by atoms with E-state index in [1.807, 2.05) is 51.1 Å². The minimum absolute atomic E-state index is 0.0103. The number of alkyl halides is 3. The van der Waals surface area contributed by atoms with E-state index in [1.54, 1.807) is 49.0 Å². The lowest BCUT2D eigenvalue weighted by atomic mass is 9.62. The van der Waals surface area contributed by atoms with Gasteiger partial charge in [-0.15, -0.1) is 0 Å². The second-order valence-electron chi connectivity index (χ2n) is 11.3. The molecule has 38 heavy (non-hydrogen) atoms. The standard InChI is InChI=1S/C30H32F3N3O2/c1-17(2)20-13-14-21-25(26(20)37)28(4,5)16-29(38,30(31,32)33)27(21)35-23-7-6-8-24-22(23)15-34-36(24)19-11-9-18(3)10-12-19/h6-15,17,27,35,37-38H,16H2,1-5H3. The maximum Gasteiger partial charge on any atom is 0.419 e. The smallest absolute Gasteiger partial charge is 0.419 e. The van der Waals surface area contributed by atoms with Crippen molar-refractivity contribution in [3.05, 3.63) is 83.0 Å². The molecular weight excluding hydrogens is 491 g/mol. The molecule has 0 fully saturated rings. The number of rotatable bonds is 4. The van der Waals surface area contributed by atoms with E-state index in [1.165, 1.54) is 0 Å². The molecule has 0 spiro atoms. The molecule has 5 rings (SSSR count). The second-order valence-corrected chi connectivity index (χ2v) is 11.3. The van der Waals surface area contributed by atoms with Crippen LogP contribution in [0.15, 0.2) is 60.8 Å². The van der Waals surface area contributed by atoms with Crippen molar-refractivity contribution in [3.63, 3.8) is 0 Å². The van der Waals surface area contributed by atoms with Gasteiger partial charge in [0.2, 0.25) is 0 Å². The van der Waals surface area contributed by atoms with Crippen LogP contribution in [0.4, 0.5) is 18.9 Å². The summed E-state index contributed by atoms with van der Waals surface area (Å²) in [4.78, 5) is 0. The number of nitrogens with one attached hydrogen (secondary N) is 1. The molecule has 0 bridgehead atoms. The zero-order valence-electron chi connectivity index (χ0n) is 22.1. The fraction of sp³-hybridized carbons (Fsp3) is 0.367. The van der Waals surface area contributed by atoms with Gasteiger partial charge < -0.3 is 15.5 Å². The number of aryl methyl sites for hydroxylation is 1. The number of aromatic nitrogens is 2. The van der Waals surface area contributed by atoms with E-state index in [-0.39, 0.29) is 17.2 Å². The van der Waals surface area contributed by atoms with Crippen molar-refractivity contribution < 1.29 is 23.4 Å². The summed E-state index contributed by atoms with van der Waals surface area (Å²) in [6.45, 7) is 9.10. The number of aliphatic hydroxyl groups is 1. The highest BCUT2D eigenvalue weighted by Crippen LogP contribution is 2.57. The van der Waals surface area contributed by atoms with Gasteiger partial charge >= 0.3 is 6.18 Å². The molecule has 1 aliphatic carbocycles. The molecule has 4 aromatic rings. The van der Waals surface area contributed by atoms with Crippen LogP contribution in [0, 0.1) is 6.92 Å². The molecule has 3 N–H and O–H groups in total. The molecule has 3 aromatic carbocycles. The number of phenols is 1. The Labute approximate surface area is 219 Å². The molecule has 1 aliphatic rings. The van der Waals surface area contributed by atoms with Gasteiger partial charge in [0, 0.05) is 16.6 Å². The first-order chi connectivity index (χ1) is 17.7. The van der Waals surface area contributed by atoms with Crippen molar-refractivity contribution in [2.24, 2.45) is 0 Å². The zero-order valence-corrected chi connectivity index (χ0v) is 22.1. The van der Waals surface area contributed by atoms with Crippen LogP contribution >= 0.6 is 0 Å². The lowest BCUT2D eigenvalue weighted by molar-refractivity contribution is -0.275. The number of hydrogen-bond acceptors (Lipinski definition) is 4. The maximum atomic E-state index is 14.6. The predicted molar refractivity (Wildman–Crippen MR) is 143 cm³/mol. The number of phenolic OH excluding ortho intramolecular Hbond substituents is 1. The van der Waals surface area contributed by atoms with Gasteiger partial charge in [0.1, 0.15) is 5.75 Å². The quantitative estimate of drug-likeness (QED) is 0.263. The second kappa shape index (κ2) is 8.76. The average Bonchev–Trinajstić information content (AvgIpc) is 3.25. The largest absolute Gasteiger partial charge is 0.507 e. The number of nitrogens with zero attached hydrogens (tertiary/aromatic N) is 2. The molecule has 0 saturated heterocycles. The topological polar surface area (TPSA) is 70.3 Å². The summed E-state index contributed by atoms with van der Waals surface area (Å²) in [7, 11) is 0. The zero-order chi connectivity index (χ0) is 27.6. The van der Waals surface area contributed by atoms with E-state index < -0.39 is 29.7 Å². The number of fused-ring (bicyclic) bond motifs is 2. The van der Waals surface area contributed by atoms with Crippen LogP contribution in [0.2, 0.25) is 0 Å². The third kappa shape index (κ3) is 4.02. The number of halogens is 3. The van der Waals surface area contributed by atoms with Crippen molar-refractivity contribution in [3.8, 4) is 11.4 Å².